The molecular weight excluding hydrogens is 306 g/mol. The van der Waals surface area contributed by atoms with Crippen molar-refractivity contribution in [2.24, 2.45) is 0 Å². The van der Waals surface area contributed by atoms with Crippen LogP contribution in [0.1, 0.15) is 40.4 Å². The van der Waals surface area contributed by atoms with E-state index in [0.29, 0.717) is 29.2 Å². The number of furan rings is 1. The van der Waals surface area contributed by atoms with Crippen molar-refractivity contribution >= 4 is 5.91 Å². The second kappa shape index (κ2) is 7.73. The molecule has 1 aromatic carbocycles. The lowest BCUT2D eigenvalue weighted by Crippen LogP contribution is -2.26. The van der Waals surface area contributed by atoms with E-state index in [1.165, 1.54) is 0 Å². The Hall–Kier alpha value is -2.69. The fourth-order valence-corrected chi connectivity index (χ4v) is 2.52. The largest absolute Gasteiger partial charge is 0.493 e. The number of aryl methyl sites for hydroxylation is 1. The monoisotopic (exact) mass is 329 g/mol. The van der Waals surface area contributed by atoms with Crippen LogP contribution < -0.4 is 14.8 Å². The van der Waals surface area contributed by atoms with Crippen LogP contribution in [0.3, 0.4) is 0 Å². The Morgan fingerprint density at radius 3 is 2.62 bits per heavy atom. The highest BCUT2D eigenvalue weighted by atomic mass is 16.5. The number of allylic oxidation sites excluding steroid dienone is 1. The molecule has 0 fully saturated rings. The summed E-state index contributed by atoms with van der Waals surface area (Å²) in [6.45, 7) is 7.49. The van der Waals surface area contributed by atoms with Crippen molar-refractivity contribution in [2.45, 2.75) is 26.3 Å². The summed E-state index contributed by atoms with van der Waals surface area (Å²) in [5.41, 5.74) is 1.35. The molecule has 24 heavy (non-hydrogen) atoms. The van der Waals surface area contributed by atoms with Gasteiger partial charge in [-0.2, -0.15) is 0 Å². The Morgan fingerprint density at radius 1 is 1.33 bits per heavy atom. The highest BCUT2D eigenvalue weighted by Gasteiger charge is 2.18. The first kappa shape index (κ1) is 17.7. The highest BCUT2D eigenvalue weighted by molar-refractivity contribution is 5.95. The van der Waals surface area contributed by atoms with Gasteiger partial charge in [-0.15, -0.1) is 6.58 Å². The van der Waals surface area contributed by atoms with E-state index in [-0.39, 0.29) is 11.9 Å². The summed E-state index contributed by atoms with van der Waals surface area (Å²) in [5.74, 6) is 2.45. The fraction of sp³-hybridized carbons (Fsp3) is 0.316. The summed E-state index contributed by atoms with van der Waals surface area (Å²) >= 11 is 0. The minimum absolute atomic E-state index is 0.206. The van der Waals surface area contributed by atoms with Gasteiger partial charge >= 0.3 is 0 Å². The summed E-state index contributed by atoms with van der Waals surface area (Å²) in [6, 6.07) is 6.95. The number of benzene rings is 1. The molecule has 1 unspecified atom stereocenters. The predicted molar refractivity (Wildman–Crippen MR) is 92.8 cm³/mol. The molecule has 0 saturated carbocycles. The normalized spacial score (nSPS) is 11.7. The first-order valence-corrected chi connectivity index (χ1v) is 7.73. The third-order valence-electron chi connectivity index (χ3n) is 3.72. The van der Waals surface area contributed by atoms with Gasteiger partial charge in [-0.1, -0.05) is 6.08 Å². The molecular formula is C19H23NO4. The minimum Gasteiger partial charge on any atom is -0.493 e. The zero-order valence-electron chi connectivity index (χ0n) is 14.5. The van der Waals surface area contributed by atoms with Gasteiger partial charge in [0.25, 0.3) is 5.91 Å². The van der Waals surface area contributed by atoms with E-state index in [0.717, 1.165) is 11.3 Å². The number of methoxy groups -OCH3 is 2. The highest BCUT2D eigenvalue weighted by Crippen LogP contribution is 2.33. The van der Waals surface area contributed by atoms with E-state index < -0.39 is 0 Å². The summed E-state index contributed by atoms with van der Waals surface area (Å²) in [5, 5.41) is 2.93. The van der Waals surface area contributed by atoms with E-state index in [1.807, 2.05) is 26.0 Å². The summed E-state index contributed by atoms with van der Waals surface area (Å²) in [7, 11) is 3.12. The number of ether oxygens (including phenoxy) is 2. The van der Waals surface area contributed by atoms with Crippen molar-refractivity contribution in [3.63, 3.8) is 0 Å². The number of nitrogens with one attached hydrogen (secondary N) is 1. The van der Waals surface area contributed by atoms with Crippen molar-refractivity contribution in [1.82, 2.24) is 5.32 Å². The maximum atomic E-state index is 12.6. The second-order valence-corrected chi connectivity index (χ2v) is 5.51. The molecule has 5 nitrogen and oxygen atoms in total. The van der Waals surface area contributed by atoms with Gasteiger partial charge in [0, 0.05) is 11.1 Å². The van der Waals surface area contributed by atoms with E-state index in [9.17, 15) is 4.79 Å². The maximum Gasteiger partial charge on any atom is 0.252 e. The maximum absolute atomic E-state index is 12.6. The van der Waals surface area contributed by atoms with Crippen LogP contribution in [0.25, 0.3) is 0 Å². The molecule has 0 spiro atoms. The van der Waals surface area contributed by atoms with Crippen LogP contribution in [0.5, 0.6) is 11.5 Å². The molecule has 0 aliphatic heterocycles. The number of hydrogen-bond donors (Lipinski definition) is 1. The third kappa shape index (κ3) is 3.79. The smallest absolute Gasteiger partial charge is 0.252 e. The van der Waals surface area contributed by atoms with Gasteiger partial charge in [-0.05, 0) is 44.5 Å². The molecule has 0 bridgehead atoms. The van der Waals surface area contributed by atoms with Crippen LogP contribution in [0.2, 0.25) is 0 Å². The Balaban J connectivity index is 2.28. The standard InChI is InChI=1S/C19H23NO4/c1-6-7-14-10-15(11-17(22-4)18(14)23-5)19(21)20-13(3)16-9-8-12(2)24-16/h6,8-11,13H,1,7H2,2-5H3,(H,20,21). The molecule has 0 saturated heterocycles. The molecule has 0 aliphatic carbocycles. The molecule has 128 valence electrons. The van der Waals surface area contributed by atoms with Gasteiger partial charge in [0.15, 0.2) is 11.5 Å². The zero-order chi connectivity index (χ0) is 17.7. The van der Waals surface area contributed by atoms with Crippen LogP contribution in [-0.2, 0) is 6.42 Å². The van der Waals surface area contributed by atoms with E-state index in [4.69, 9.17) is 13.9 Å². The number of hydrogen-bond acceptors (Lipinski definition) is 4. The quantitative estimate of drug-likeness (QED) is 0.784. The molecule has 2 aromatic rings. The lowest BCUT2D eigenvalue weighted by molar-refractivity contribution is 0.0934. The van der Waals surface area contributed by atoms with E-state index in [1.54, 1.807) is 32.4 Å². The average molecular weight is 329 g/mol. The van der Waals surface area contributed by atoms with E-state index >= 15 is 0 Å². The molecule has 1 N–H and O–H groups in total. The zero-order valence-corrected chi connectivity index (χ0v) is 14.5. The first-order valence-electron chi connectivity index (χ1n) is 7.73. The van der Waals surface area contributed by atoms with Gasteiger partial charge < -0.3 is 19.2 Å². The van der Waals surface area contributed by atoms with Gasteiger partial charge in [-0.25, -0.2) is 0 Å². The molecule has 1 aromatic heterocycles. The predicted octanol–water partition coefficient (Wildman–Crippen LogP) is 3.82. The second-order valence-electron chi connectivity index (χ2n) is 5.51. The SMILES string of the molecule is C=CCc1cc(C(=O)NC(C)c2ccc(C)o2)cc(OC)c1OC. The van der Waals surface area contributed by atoms with Crippen LogP contribution in [-0.4, -0.2) is 20.1 Å². The molecule has 2 rings (SSSR count). The van der Waals surface area contributed by atoms with Gasteiger partial charge in [0.2, 0.25) is 0 Å². The lowest BCUT2D eigenvalue weighted by atomic mass is 10.0. The number of amides is 1. The minimum atomic E-state index is -0.234. The van der Waals surface area contributed by atoms with Gasteiger partial charge in [0.05, 0.1) is 20.3 Å². The first-order chi connectivity index (χ1) is 11.5. The Labute approximate surface area is 142 Å². The van der Waals surface area contributed by atoms with Crippen LogP contribution >= 0.6 is 0 Å². The number of carbonyl (C=O) groups is 1. The number of carbonyl (C=O) groups excluding carboxylic acids is 1. The summed E-state index contributed by atoms with van der Waals surface area (Å²) < 4.78 is 16.3. The fourth-order valence-electron chi connectivity index (χ4n) is 2.52. The number of rotatable bonds is 7. The molecule has 0 radical (unpaired) electrons. The molecule has 1 atom stereocenters. The third-order valence-corrected chi connectivity index (χ3v) is 3.72. The van der Waals surface area contributed by atoms with Gasteiger partial charge in [-0.3, -0.25) is 4.79 Å². The van der Waals surface area contributed by atoms with Crippen molar-refractivity contribution in [3.8, 4) is 11.5 Å². The Kier molecular flexibility index (Phi) is 5.68. The van der Waals surface area contributed by atoms with Gasteiger partial charge in [0.1, 0.15) is 11.5 Å². The Bertz CT molecular complexity index is 733. The van der Waals surface area contributed by atoms with Crippen molar-refractivity contribution in [1.29, 1.82) is 0 Å². The van der Waals surface area contributed by atoms with Crippen LogP contribution in [0.15, 0.2) is 41.3 Å². The van der Waals surface area contributed by atoms with Crippen molar-refractivity contribution in [2.75, 3.05) is 14.2 Å². The van der Waals surface area contributed by atoms with Crippen LogP contribution in [0, 0.1) is 6.92 Å². The van der Waals surface area contributed by atoms with E-state index in [2.05, 4.69) is 11.9 Å². The lowest BCUT2D eigenvalue weighted by Gasteiger charge is -2.16. The summed E-state index contributed by atoms with van der Waals surface area (Å²) in [6.07, 6.45) is 2.33. The average Bonchev–Trinajstić information content (AvgIpc) is 3.00. The van der Waals surface area contributed by atoms with Crippen LogP contribution in [0.4, 0.5) is 0 Å². The molecule has 5 heteroatoms. The van der Waals surface area contributed by atoms with Crippen molar-refractivity contribution < 1.29 is 18.7 Å². The molecule has 1 heterocycles. The molecule has 1 amide bonds. The summed E-state index contributed by atoms with van der Waals surface area (Å²) in [4.78, 5) is 12.6. The molecule has 0 aliphatic rings. The topological polar surface area (TPSA) is 60.7 Å². The Morgan fingerprint density at radius 2 is 2.08 bits per heavy atom. The van der Waals surface area contributed by atoms with Crippen molar-refractivity contribution in [3.05, 3.63) is 59.6 Å².